The normalized spacial score (nSPS) is 12.1. The number of fused-ring (bicyclic) bond motifs is 2. The molecule has 50 heavy (non-hydrogen) atoms. The molecule has 0 spiro atoms. The average molecular weight is 747 g/mol. The van der Waals surface area contributed by atoms with Crippen molar-refractivity contribution in [2.45, 2.75) is 28.0 Å². The van der Waals surface area contributed by atoms with Gasteiger partial charge in [-0.25, -0.2) is 0 Å². The molecule has 0 aromatic heterocycles. The Balaban J connectivity index is 1.52. The molecule has 11 N–H and O–H groups in total. The van der Waals surface area contributed by atoms with Gasteiger partial charge >= 0.3 is 0 Å². The smallest absolute Gasteiger partial charge is 0.296 e. The van der Waals surface area contributed by atoms with Crippen molar-refractivity contribution in [2.24, 2.45) is 0 Å². The summed E-state index contributed by atoms with van der Waals surface area (Å²) in [5.74, 6) is -1.02. The summed E-state index contributed by atoms with van der Waals surface area (Å²) in [7, 11) is -14.6. The topological polar surface area (TPSA) is 287 Å². The number of hydrogen-bond donors (Lipinski definition) is 10. The Labute approximate surface area is 285 Å². The minimum absolute atomic E-state index is 0.0977. The Kier molecular flexibility index (Phi) is 9.69. The Hall–Kier alpha value is -5.38. The number of hydrogen-bond acceptors (Lipinski definition) is 13. The zero-order valence-electron chi connectivity index (χ0n) is 25.8. The molecule has 264 valence electrons. The maximum absolute atomic E-state index is 12.4. The van der Waals surface area contributed by atoms with Crippen molar-refractivity contribution < 1.29 is 48.8 Å². The van der Waals surface area contributed by atoms with Gasteiger partial charge in [-0.2, -0.15) is 25.3 Å². The number of nitrogen functional groups attached to an aromatic ring is 1. The van der Waals surface area contributed by atoms with Crippen molar-refractivity contribution in [3.05, 3.63) is 78.4 Å². The molecule has 17 nitrogen and oxygen atoms in total. The molecule has 0 aliphatic heterocycles. The zero-order chi connectivity index (χ0) is 36.6. The summed E-state index contributed by atoms with van der Waals surface area (Å²) in [4.78, 5) is 10.1. The van der Waals surface area contributed by atoms with Crippen LogP contribution in [-0.4, -0.2) is 56.5 Å². The van der Waals surface area contributed by atoms with E-state index in [1.165, 1.54) is 12.1 Å². The number of nitrogens with two attached hydrogens (primary N) is 1. The Morgan fingerprint density at radius 1 is 0.680 bits per heavy atom. The number of hydrazine groups is 2. The molecule has 1 amide bonds. The van der Waals surface area contributed by atoms with Crippen LogP contribution in [0.3, 0.4) is 0 Å². The molecule has 0 saturated heterocycles. The average Bonchev–Trinajstić information content (AvgIpc) is 3.04. The van der Waals surface area contributed by atoms with Crippen LogP contribution in [0.4, 0.5) is 28.4 Å². The molecule has 0 heterocycles. The third-order valence-corrected chi connectivity index (χ3v) is 10.0. The third kappa shape index (κ3) is 7.59. The van der Waals surface area contributed by atoms with Crippen LogP contribution < -0.4 is 32.8 Å². The minimum Gasteiger partial charge on any atom is -0.505 e. The number of carbonyl (C=O) groups excluding carboxylic acids is 1. The standard InChI is InChI=1S/C30H30N6O11S3/c1-2-11-32-30(38)16-3-5-18(6-4-16)33-34-24-9-10-25(22-14-19(48(39,40)41)7-8-20(22)24)35-36-28-27(50(45,46)47)13-17-12-26(49(42,43)44)23(31)15-21(17)29(28)37/h3-10,12-15,33-37H,2,11,31H2,1H3,(H,32,38)(H,39,40,41)(H,42,43,44)(H,45,46,47). The molecule has 5 rings (SSSR count). The highest BCUT2D eigenvalue weighted by atomic mass is 32.2. The number of benzene rings is 5. The number of amides is 1. The Morgan fingerprint density at radius 3 is 1.88 bits per heavy atom. The number of nitrogens with one attached hydrogen (secondary N) is 5. The van der Waals surface area contributed by atoms with E-state index in [0.29, 0.717) is 28.9 Å². The van der Waals surface area contributed by atoms with E-state index >= 15 is 0 Å². The third-order valence-electron chi connectivity index (χ3n) is 7.39. The number of anilines is 5. The van der Waals surface area contributed by atoms with Gasteiger partial charge in [0.2, 0.25) is 0 Å². The van der Waals surface area contributed by atoms with Gasteiger partial charge in [0.1, 0.15) is 21.2 Å². The van der Waals surface area contributed by atoms with E-state index in [4.69, 9.17) is 5.73 Å². The van der Waals surface area contributed by atoms with Crippen molar-refractivity contribution in [1.29, 1.82) is 0 Å². The molecule has 20 heteroatoms. The Morgan fingerprint density at radius 2 is 1.28 bits per heavy atom. The van der Waals surface area contributed by atoms with Gasteiger partial charge < -0.3 is 32.4 Å². The van der Waals surface area contributed by atoms with Gasteiger partial charge in [0, 0.05) is 28.3 Å². The van der Waals surface area contributed by atoms with Gasteiger partial charge in [-0.15, -0.1) is 0 Å². The van der Waals surface area contributed by atoms with Crippen LogP contribution in [0, 0.1) is 0 Å². The van der Waals surface area contributed by atoms with Crippen molar-refractivity contribution >= 4 is 86.2 Å². The van der Waals surface area contributed by atoms with E-state index in [1.54, 1.807) is 30.3 Å². The zero-order valence-corrected chi connectivity index (χ0v) is 28.2. The van der Waals surface area contributed by atoms with Crippen LogP contribution in [0.15, 0.2) is 87.5 Å². The fourth-order valence-corrected chi connectivity index (χ4v) is 6.79. The first-order valence-electron chi connectivity index (χ1n) is 14.4. The van der Waals surface area contributed by atoms with Crippen LogP contribution >= 0.6 is 0 Å². The first kappa shape index (κ1) is 35.9. The SMILES string of the molecule is CCCNC(=O)c1ccc(NNc2ccc(NNc3c(S(=O)(=O)O)cc4cc(S(=O)(=O)O)c(N)cc4c3O)c3cc(S(=O)(=O)O)ccc23)cc1. The van der Waals surface area contributed by atoms with Gasteiger partial charge in [0.25, 0.3) is 36.3 Å². The fraction of sp³-hybridized carbons (Fsp3) is 0.100. The maximum atomic E-state index is 12.4. The fourth-order valence-electron chi connectivity index (χ4n) is 4.97. The predicted molar refractivity (Wildman–Crippen MR) is 187 cm³/mol. The molecule has 0 saturated carbocycles. The van der Waals surface area contributed by atoms with Gasteiger partial charge in [-0.1, -0.05) is 13.0 Å². The molecule has 5 aromatic rings. The van der Waals surface area contributed by atoms with Gasteiger partial charge in [0.05, 0.1) is 27.6 Å². The first-order chi connectivity index (χ1) is 23.4. The van der Waals surface area contributed by atoms with E-state index in [0.717, 1.165) is 36.8 Å². The van der Waals surface area contributed by atoms with Gasteiger partial charge in [0.15, 0.2) is 0 Å². The lowest BCUT2D eigenvalue weighted by Gasteiger charge is -2.19. The second-order valence-electron chi connectivity index (χ2n) is 10.8. The predicted octanol–water partition coefficient (Wildman–Crippen LogP) is 4.04. The lowest BCUT2D eigenvalue weighted by Crippen LogP contribution is -2.23. The lowest BCUT2D eigenvalue weighted by atomic mass is 10.1. The maximum Gasteiger partial charge on any atom is 0.296 e. The van der Waals surface area contributed by atoms with Crippen LogP contribution in [0.25, 0.3) is 21.5 Å². The van der Waals surface area contributed by atoms with Gasteiger partial charge in [-0.3, -0.25) is 23.9 Å². The molecule has 5 aromatic carbocycles. The number of rotatable bonds is 12. The van der Waals surface area contributed by atoms with Crippen LogP contribution in [0.1, 0.15) is 23.7 Å². The summed E-state index contributed by atoms with van der Waals surface area (Å²) in [6.45, 7) is 2.47. The highest BCUT2D eigenvalue weighted by molar-refractivity contribution is 7.86. The monoisotopic (exact) mass is 746 g/mol. The van der Waals surface area contributed by atoms with Crippen LogP contribution in [-0.2, 0) is 30.4 Å². The highest BCUT2D eigenvalue weighted by Gasteiger charge is 2.25. The molecular formula is C30H30N6O11S3. The Bertz CT molecular complexity index is 2490. The van der Waals surface area contributed by atoms with Crippen LogP contribution in [0.5, 0.6) is 5.75 Å². The van der Waals surface area contributed by atoms with Crippen molar-refractivity contribution in [2.75, 3.05) is 34.0 Å². The summed E-state index contributed by atoms with van der Waals surface area (Å²) in [6.07, 6.45) is 0.787. The van der Waals surface area contributed by atoms with E-state index in [9.17, 15) is 48.8 Å². The first-order valence-corrected chi connectivity index (χ1v) is 18.7. The van der Waals surface area contributed by atoms with E-state index in [1.807, 2.05) is 6.92 Å². The quantitative estimate of drug-likeness (QED) is 0.0373. The molecule has 0 atom stereocenters. The number of phenolic OH excluding ortho intramolecular Hbond substituents is 1. The summed E-state index contributed by atoms with van der Waals surface area (Å²) in [6, 6.07) is 15.9. The molecule has 0 radical (unpaired) electrons. The van der Waals surface area contributed by atoms with Crippen molar-refractivity contribution in [3.63, 3.8) is 0 Å². The summed E-state index contributed by atoms with van der Waals surface area (Å²) in [5, 5.41) is 14.0. The molecule has 0 unspecified atom stereocenters. The summed E-state index contributed by atoms with van der Waals surface area (Å²) < 4.78 is 101. The van der Waals surface area contributed by atoms with Crippen LogP contribution in [0.2, 0.25) is 0 Å². The molecule has 0 bridgehead atoms. The van der Waals surface area contributed by atoms with Crippen molar-refractivity contribution in [1.82, 2.24) is 5.32 Å². The second kappa shape index (κ2) is 13.5. The lowest BCUT2D eigenvalue weighted by molar-refractivity contribution is 0.0953. The second-order valence-corrected chi connectivity index (χ2v) is 15.0. The number of carbonyl (C=O) groups is 1. The summed E-state index contributed by atoms with van der Waals surface area (Å²) >= 11 is 0. The molecule has 0 aliphatic rings. The largest absolute Gasteiger partial charge is 0.505 e. The highest BCUT2D eigenvalue weighted by Crippen LogP contribution is 2.41. The molecular weight excluding hydrogens is 717 g/mol. The van der Waals surface area contributed by atoms with E-state index in [2.05, 4.69) is 27.0 Å². The van der Waals surface area contributed by atoms with Crippen molar-refractivity contribution in [3.8, 4) is 5.75 Å². The van der Waals surface area contributed by atoms with E-state index < -0.39 is 62.2 Å². The minimum atomic E-state index is -5.09. The van der Waals surface area contributed by atoms with Gasteiger partial charge in [-0.05, 0) is 78.5 Å². The van der Waals surface area contributed by atoms with E-state index in [-0.39, 0.29) is 27.8 Å². The summed E-state index contributed by atoms with van der Waals surface area (Å²) in [5.41, 5.74) is 17.3. The molecule has 0 fully saturated rings. The molecule has 0 aliphatic carbocycles. The number of phenols is 1. The number of aromatic hydroxyl groups is 1.